The minimum atomic E-state index is -1.31. The number of aromatic nitrogens is 1. The van der Waals surface area contributed by atoms with Crippen LogP contribution in [0.2, 0.25) is 0 Å². The minimum absolute atomic E-state index is 0.0163. The number of halogens is 3. The van der Waals surface area contributed by atoms with Crippen molar-refractivity contribution < 1.29 is 37.7 Å². The fourth-order valence-corrected chi connectivity index (χ4v) is 5.13. The van der Waals surface area contributed by atoms with Crippen molar-refractivity contribution in [3.05, 3.63) is 65.1 Å². The lowest BCUT2D eigenvalue weighted by Gasteiger charge is -2.39. The van der Waals surface area contributed by atoms with Gasteiger partial charge >= 0.3 is 5.97 Å². The molecule has 1 aromatic heterocycles. The second-order valence-electron chi connectivity index (χ2n) is 9.63. The topological polar surface area (TPSA) is 92.1 Å². The number of methoxy groups -OCH3 is 1. The lowest BCUT2D eigenvalue weighted by atomic mass is 9.74. The molecule has 7 nitrogen and oxygen atoms in total. The number of piperidine rings is 1. The maximum absolute atomic E-state index is 13.8. The molecule has 2 N–H and O–H groups in total. The fraction of sp³-hybridized carbons (Fsp3) is 0.429. The van der Waals surface area contributed by atoms with E-state index in [0.717, 1.165) is 22.5 Å². The van der Waals surface area contributed by atoms with Crippen molar-refractivity contribution in [2.24, 2.45) is 5.41 Å². The number of hydrogen-bond acceptors (Lipinski definition) is 6. The second kappa shape index (κ2) is 12.0. The van der Waals surface area contributed by atoms with E-state index in [1.54, 1.807) is 13.3 Å². The average Bonchev–Trinajstić information content (AvgIpc) is 2.91. The molecule has 3 aromatic rings. The predicted octanol–water partition coefficient (Wildman–Crippen LogP) is 4.72. The molecule has 1 aliphatic heterocycles. The summed E-state index contributed by atoms with van der Waals surface area (Å²) in [5, 5.41) is 20.8. The van der Waals surface area contributed by atoms with Crippen molar-refractivity contribution in [1.29, 1.82) is 0 Å². The van der Waals surface area contributed by atoms with E-state index in [0.29, 0.717) is 69.1 Å². The number of aliphatic hydroxyl groups is 1. The van der Waals surface area contributed by atoms with Gasteiger partial charge in [0, 0.05) is 30.3 Å². The number of likely N-dealkylation sites (tertiary alicyclic amines) is 1. The number of carboxylic acids is 1. The van der Waals surface area contributed by atoms with E-state index in [-0.39, 0.29) is 13.2 Å². The van der Waals surface area contributed by atoms with Gasteiger partial charge in [0.2, 0.25) is 5.82 Å². The van der Waals surface area contributed by atoms with E-state index in [1.807, 2.05) is 23.1 Å². The number of nitrogens with zero attached hydrogens (tertiary/aromatic N) is 2. The molecule has 38 heavy (non-hydrogen) atoms. The van der Waals surface area contributed by atoms with Crippen LogP contribution in [0.4, 0.5) is 13.2 Å². The summed E-state index contributed by atoms with van der Waals surface area (Å²) in [5.74, 6) is -4.11. The Morgan fingerprint density at radius 2 is 1.92 bits per heavy atom. The van der Waals surface area contributed by atoms with Gasteiger partial charge in [0.1, 0.15) is 18.2 Å². The minimum Gasteiger partial charge on any atom is -0.497 e. The summed E-state index contributed by atoms with van der Waals surface area (Å²) in [5.41, 5.74) is 1.55. The van der Waals surface area contributed by atoms with Gasteiger partial charge < -0.3 is 19.7 Å². The second-order valence-corrected chi connectivity index (χ2v) is 9.63. The number of carbonyl (C=O) groups is 1. The molecule has 0 spiro atoms. The van der Waals surface area contributed by atoms with Crippen LogP contribution in [-0.4, -0.2) is 59.4 Å². The number of ether oxygens (including phenoxy) is 2. The first-order valence-electron chi connectivity index (χ1n) is 12.5. The molecule has 0 radical (unpaired) electrons. The summed E-state index contributed by atoms with van der Waals surface area (Å²) in [6, 6.07) is 6.82. The Kier molecular flexibility index (Phi) is 8.73. The van der Waals surface area contributed by atoms with Crippen molar-refractivity contribution in [3.63, 3.8) is 0 Å². The first-order chi connectivity index (χ1) is 18.3. The van der Waals surface area contributed by atoms with Gasteiger partial charge in [-0.2, -0.15) is 4.39 Å². The van der Waals surface area contributed by atoms with Crippen LogP contribution in [0.5, 0.6) is 11.5 Å². The molecule has 1 saturated heterocycles. The average molecular weight is 533 g/mol. The molecule has 1 fully saturated rings. The van der Waals surface area contributed by atoms with Crippen LogP contribution in [0, 0.1) is 22.9 Å². The lowest BCUT2D eigenvalue weighted by molar-refractivity contribution is -0.152. The van der Waals surface area contributed by atoms with Crippen LogP contribution >= 0.6 is 0 Å². The summed E-state index contributed by atoms with van der Waals surface area (Å²) in [4.78, 5) is 18.7. The Bertz CT molecular complexity index is 1290. The maximum Gasteiger partial charge on any atom is 0.309 e. The van der Waals surface area contributed by atoms with Gasteiger partial charge in [0.15, 0.2) is 11.6 Å². The zero-order valence-electron chi connectivity index (χ0n) is 21.2. The highest BCUT2D eigenvalue weighted by atomic mass is 19.2. The fourth-order valence-electron chi connectivity index (χ4n) is 5.13. The highest BCUT2D eigenvalue weighted by molar-refractivity contribution is 5.84. The maximum atomic E-state index is 13.8. The molecule has 0 bridgehead atoms. The third-order valence-corrected chi connectivity index (χ3v) is 7.42. The number of aliphatic hydroxyl groups excluding tert-OH is 1. The summed E-state index contributed by atoms with van der Waals surface area (Å²) in [7, 11) is 1.58. The van der Waals surface area contributed by atoms with Crippen molar-refractivity contribution in [2.45, 2.75) is 38.7 Å². The number of carboxylic acid groups (broad SMARTS) is 1. The monoisotopic (exact) mass is 532 g/mol. The Morgan fingerprint density at radius 3 is 2.61 bits per heavy atom. The number of hydrogen-bond donors (Lipinski definition) is 2. The van der Waals surface area contributed by atoms with Gasteiger partial charge in [-0.05, 0) is 74.5 Å². The number of aliphatic carboxylic acids is 1. The highest BCUT2D eigenvalue weighted by Gasteiger charge is 2.40. The molecular formula is C28H31F3N2O5. The van der Waals surface area contributed by atoms with E-state index >= 15 is 0 Å². The predicted molar refractivity (Wildman–Crippen MR) is 135 cm³/mol. The van der Waals surface area contributed by atoms with Crippen molar-refractivity contribution >= 4 is 16.9 Å². The van der Waals surface area contributed by atoms with Gasteiger partial charge in [-0.15, -0.1) is 0 Å². The number of benzene rings is 2. The number of aryl methyl sites for hydroxylation is 1. The van der Waals surface area contributed by atoms with Crippen LogP contribution in [0.3, 0.4) is 0 Å². The lowest BCUT2D eigenvalue weighted by Crippen LogP contribution is -2.45. The van der Waals surface area contributed by atoms with Crippen LogP contribution < -0.4 is 9.47 Å². The molecule has 0 atom stereocenters. The normalized spacial score (nSPS) is 15.5. The third kappa shape index (κ3) is 6.02. The molecule has 0 saturated carbocycles. The SMILES string of the molecule is COc1ccc2ncc(CO)c(CCCC3(C(=O)O)CCN(CCOc4cc(F)cc(F)c4F)CC3)c2c1. The zero-order valence-corrected chi connectivity index (χ0v) is 21.2. The molecule has 0 unspecified atom stereocenters. The van der Waals surface area contributed by atoms with E-state index in [1.165, 1.54) is 0 Å². The van der Waals surface area contributed by atoms with E-state index < -0.39 is 34.6 Å². The van der Waals surface area contributed by atoms with Gasteiger partial charge in [0.25, 0.3) is 0 Å². The Labute approximate surface area is 218 Å². The largest absolute Gasteiger partial charge is 0.497 e. The van der Waals surface area contributed by atoms with Crippen LogP contribution in [0.25, 0.3) is 10.9 Å². The summed E-state index contributed by atoms with van der Waals surface area (Å²) in [6.45, 7) is 1.24. The van der Waals surface area contributed by atoms with Crippen molar-refractivity contribution in [1.82, 2.24) is 9.88 Å². The number of fused-ring (bicyclic) bond motifs is 1. The molecule has 10 heteroatoms. The Morgan fingerprint density at radius 1 is 1.16 bits per heavy atom. The molecule has 204 valence electrons. The van der Waals surface area contributed by atoms with Crippen LogP contribution in [-0.2, 0) is 17.8 Å². The van der Waals surface area contributed by atoms with E-state index in [2.05, 4.69) is 4.98 Å². The standard InChI is InChI=1S/C28H31F3N2O5/c1-37-20-4-5-24-22(15-20)21(18(17-34)16-32-24)3-2-6-28(27(35)36)7-9-33(10-8-28)11-12-38-25-14-19(29)13-23(30)26(25)31/h4-5,13-16,34H,2-3,6-12,17H2,1H3,(H,35,36). The number of pyridine rings is 1. The molecule has 0 amide bonds. The van der Waals surface area contributed by atoms with Crippen molar-refractivity contribution in [3.8, 4) is 11.5 Å². The molecular weight excluding hydrogens is 501 g/mol. The van der Waals surface area contributed by atoms with Crippen molar-refractivity contribution in [2.75, 3.05) is 33.4 Å². The Hall–Kier alpha value is -3.37. The molecule has 2 aromatic carbocycles. The zero-order chi connectivity index (χ0) is 27.3. The van der Waals surface area contributed by atoms with E-state index in [9.17, 15) is 28.2 Å². The summed E-state index contributed by atoms with van der Waals surface area (Å²) < 4.78 is 51.1. The third-order valence-electron chi connectivity index (χ3n) is 7.42. The highest BCUT2D eigenvalue weighted by Crippen LogP contribution is 2.38. The summed E-state index contributed by atoms with van der Waals surface area (Å²) in [6.07, 6.45) is 4.19. The van der Waals surface area contributed by atoms with Crippen LogP contribution in [0.15, 0.2) is 36.5 Å². The van der Waals surface area contributed by atoms with E-state index in [4.69, 9.17) is 9.47 Å². The van der Waals surface area contributed by atoms with Crippen LogP contribution in [0.1, 0.15) is 36.8 Å². The molecule has 0 aliphatic carbocycles. The quantitative estimate of drug-likeness (QED) is 0.345. The van der Waals surface area contributed by atoms with Gasteiger partial charge in [-0.3, -0.25) is 14.7 Å². The smallest absolute Gasteiger partial charge is 0.309 e. The Balaban J connectivity index is 1.35. The molecule has 4 rings (SSSR count). The van der Waals surface area contributed by atoms with Gasteiger partial charge in [-0.25, -0.2) is 8.78 Å². The molecule has 2 heterocycles. The molecule has 1 aliphatic rings. The first kappa shape index (κ1) is 27.7. The first-order valence-corrected chi connectivity index (χ1v) is 12.5. The van der Waals surface area contributed by atoms with Gasteiger partial charge in [-0.1, -0.05) is 0 Å². The number of rotatable bonds is 11. The summed E-state index contributed by atoms with van der Waals surface area (Å²) >= 11 is 0. The van der Waals surface area contributed by atoms with Gasteiger partial charge in [0.05, 0.1) is 24.6 Å².